The Bertz CT molecular complexity index is 697. The number of ether oxygens (including phenoxy) is 1. The molecule has 156 valence electrons. The Kier molecular flexibility index (Phi) is 9.23. The topological polar surface area (TPSA) is 40.1 Å². The molecular weight excluding hydrogens is 501 g/mol. The summed E-state index contributed by atoms with van der Waals surface area (Å²) in [6, 6.07) is 5.12. The Morgan fingerprint density at radius 3 is 2.79 bits per heavy atom. The highest BCUT2D eigenvalue weighted by Crippen LogP contribution is 2.25. The van der Waals surface area contributed by atoms with Crippen LogP contribution >= 0.6 is 35.6 Å². The van der Waals surface area contributed by atoms with E-state index in [1.54, 1.807) is 6.07 Å². The molecule has 0 aromatic heterocycles. The third kappa shape index (κ3) is 6.18. The zero-order valence-electron chi connectivity index (χ0n) is 15.8. The fourth-order valence-corrected chi connectivity index (χ4v) is 3.69. The molecule has 1 aromatic rings. The second-order valence-corrected chi connectivity index (χ2v) is 7.05. The quantitative estimate of drug-likeness (QED) is 0.264. The molecule has 0 spiro atoms. The predicted octanol–water partition coefficient (Wildman–Crippen LogP) is 3.97. The van der Waals surface area contributed by atoms with Gasteiger partial charge in [0.2, 0.25) is 0 Å². The third-order valence-electron chi connectivity index (χ3n) is 4.80. The van der Waals surface area contributed by atoms with E-state index in [4.69, 9.17) is 11.6 Å². The van der Waals surface area contributed by atoms with Gasteiger partial charge in [0.05, 0.1) is 6.54 Å². The lowest BCUT2D eigenvalue weighted by atomic mass is 10.2. The van der Waals surface area contributed by atoms with E-state index in [0.29, 0.717) is 16.6 Å². The average Bonchev–Trinajstić information content (AvgIpc) is 3.31. The van der Waals surface area contributed by atoms with Crippen molar-refractivity contribution in [3.05, 3.63) is 40.9 Å². The molecule has 2 heterocycles. The van der Waals surface area contributed by atoms with Crippen molar-refractivity contribution >= 4 is 41.5 Å². The van der Waals surface area contributed by atoms with Gasteiger partial charge in [0, 0.05) is 49.4 Å². The van der Waals surface area contributed by atoms with E-state index in [0.717, 1.165) is 45.1 Å². The zero-order valence-corrected chi connectivity index (χ0v) is 18.9. The van der Waals surface area contributed by atoms with Crippen LogP contribution in [0.1, 0.15) is 18.9 Å². The van der Waals surface area contributed by atoms with E-state index in [1.807, 2.05) is 6.92 Å². The lowest BCUT2D eigenvalue weighted by molar-refractivity contribution is -0.0504. The van der Waals surface area contributed by atoms with Crippen LogP contribution < -0.4 is 10.1 Å². The van der Waals surface area contributed by atoms with E-state index in [9.17, 15) is 8.78 Å². The summed E-state index contributed by atoms with van der Waals surface area (Å²) in [5.41, 5.74) is 0.540. The fourth-order valence-electron chi connectivity index (χ4n) is 3.49. The molecule has 9 heteroatoms. The van der Waals surface area contributed by atoms with Gasteiger partial charge < -0.3 is 15.0 Å². The molecule has 2 aliphatic rings. The molecule has 1 N–H and O–H groups in total. The summed E-state index contributed by atoms with van der Waals surface area (Å²) in [5, 5.41) is 3.77. The van der Waals surface area contributed by atoms with Crippen LogP contribution in [0.3, 0.4) is 0 Å². The van der Waals surface area contributed by atoms with Crippen LogP contribution in [0.2, 0.25) is 5.02 Å². The second-order valence-electron chi connectivity index (χ2n) is 6.61. The standard InChI is InChI=1S/C19H25ClF2N4O.HI/c1-2-23-19(26-10-7-16(13-26)25-8-3-4-9-25)24-12-14-11-15(20)5-6-17(14)27-18(21)22;/h3-6,11,16,18H,2,7-10,12-13H2,1H3,(H,23,24);1H. The van der Waals surface area contributed by atoms with Crippen molar-refractivity contribution in [2.24, 2.45) is 4.99 Å². The molecule has 2 aliphatic heterocycles. The van der Waals surface area contributed by atoms with Crippen LogP contribution in [0, 0.1) is 0 Å². The van der Waals surface area contributed by atoms with Gasteiger partial charge in [-0.1, -0.05) is 23.8 Å². The SMILES string of the molecule is CCNC(=NCc1cc(Cl)ccc1OC(F)F)N1CCC(N2CC=CC2)C1.I. The minimum Gasteiger partial charge on any atom is -0.434 e. The van der Waals surface area contributed by atoms with Gasteiger partial charge in [-0.25, -0.2) is 4.99 Å². The molecule has 0 bridgehead atoms. The van der Waals surface area contributed by atoms with Gasteiger partial charge in [-0.15, -0.1) is 24.0 Å². The smallest absolute Gasteiger partial charge is 0.387 e. The first-order valence-electron chi connectivity index (χ1n) is 9.22. The Labute approximate surface area is 186 Å². The molecule has 0 radical (unpaired) electrons. The first-order chi connectivity index (χ1) is 13.1. The zero-order chi connectivity index (χ0) is 19.2. The highest BCUT2D eigenvalue weighted by molar-refractivity contribution is 14.0. The first-order valence-corrected chi connectivity index (χ1v) is 9.60. The van der Waals surface area contributed by atoms with Crippen molar-refractivity contribution in [3.8, 4) is 5.75 Å². The molecule has 28 heavy (non-hydrogen) atoms. The molecule has 0 amide bonds. The summed E-state index contributed by atoms with van der Waals surface area (Å²) < 4.78 is 29.9. The molecule has 0 aliphatic carbocycles. The van der Waals surface area contributed by atoms with Gasteiger partial charge in [-0.3, -0.25) is 4.90 Å². The van der Waals surface area contributed by atoms with Gasteiger partial charge >= 0.3 is 6.61 Å². The van der Waals surface area contributed by atoms with E-state index >= 15 is 0 Å². The minimum atomic E-state index is -2.88. The number of nitrogens with zero attached hydrogens (tertiary/aromatic N) is 3. The minimum absolute atomic E-state index is 0. The molecule has 5 nitrogen and oxygen atoms in total. The van der Waals surface area contributed by atoms with Gasteiger partial charge in [-0.2, -0.15) is 8.78 Å². The number of benzene rings is 1. The largest absolute Gasteiger partial charge is 0.434 e. The summed E-state index contributed by atoms with van der Waals surface area (Å²) in [6.45, 7) is 3.92. The van der Waals surface area contributed by atoms with Crippen molar-refractivity contribution in [2.45, 2.75) is 32.5 Å². The van der Waals surface area contributed by atoms with Crippen molar-refractivity contribution in [2.75, 3.05) is 32.7 Å². The number of hydrogen-bond donors (Lipinski definition) is 1. The van der Waals surface area contributed by atoms with Crippen LogP contribution in [0.4, 0.5) is 8.78 Å². The van der Waals surface area contributed by atoms with E-state index in [-0.39, 0.29) is 36.3 Å². The number of likely N-dealkylation sites (tertiary alicyclic amines) is 1. The highest BCUT2D eigenvalue weighted by Gasteiger charge is 2.29. The van der Waals surface area contributed by atoms with Gasteiger partial charge in [0.25, 0.3) is 0 Å². The second kappa shape index (κ2) is 11.2. The third-order valence-corrected chi connectivity index (χ3v) is 5.03. The number of guanidine groups is 1. The predicted molar refractivity (Wildman–Crippen MR) is 119 cm³/mol. The highest BCUT2D eigenvalue weighted by atomic mass is 127. The number of halogens is 4. The Morgan fingerprint density at radius 2 is 2.11 bits per heavy atom. The number of hydrogen-bond acceptors (Lipinski definition) is 3. The summed E-state index contributed by atoms with van der Waals surface area (Å²) in [5.74, 6) is 0.895. The Balaban J connectivity index is 0.00000280. The van der Waals surface area contributed by atoms with Crippen LogP contribution in [-0.2, 0) is 6.54 Å². The normalized spacial score (nSPS) is 20.0. The van der Waals surface area contributed by atoms with Crippen molar-refractivity contribution < 1.29 is 13.5 Å². The fraction of sp³-hybridized carbons (Fsp3) is 0.526. The molecule has 1 fully saturated rings. The van der Waals surface area contributed by atoms with Gasteiger partial charge in [-0.05, 0) is 31.5 Å². The maximum Gasteiger partial charge on any atom is 0.387 e. The molecule has 1 aromatic carbocycles. The summed E-state index contributed by atoms with van der Waals surface area (Å²) in [4.78, 5) is 9.33. The first kappa shape index (κ1) is 23.2. The monoisotopic (exact) mass is 526 g/mol. The van der Waals surface area contributed by atoms with Crippen molar-refractivity contribution in [1.29, 1.82) is 0 Å². The van der Waals surface area contributed by atoms with Crippen LogP contribution in [0.5, 0.6) is 5.75 Å². The molecule has 1 unspecified atom stereocenters. The number of alkyl halides is 2. The molecule has 0 saturated carbocycles. The van der Waals surface area contributed by atoms with Crippen LogP contribution in [-0.4, -0.2) is 61.1 Å². The van der Waals surface area contributed by atoms with E-state index < -0.39 is 6.61 Å². The maximum absolute atomic E-state index is 12.6. The van der Waals surface area contributed by atoms with Crippen molar-refractivity contribution in [1.82, 2.24) is 15.1 Å². The molecule has 1 saturated heterocycles. The van der Waals surface area contributed by atoms with Gasteiger partial charge in [0.1, 0.15) is 5.75 Å². The average molecular weight is 527 g/mol. The number of nitrogens with one attached hydrogen (secondary N) is 1. The van der Waals surface area contributed by atoms with Gasteiger partial charge in [0.15, 0.2) is 5.96 Å². The Hall–Kier alpha value is -1.13. The maximum atomic E-state index is 12.6. The lowest BCUT2D eigenvalue weighted by Crippen LogP contribution is -2.42. The molecule has 1 atom stereocenters. The van der Waals surface area contributed by atoms with Crippen molar-refractivity contribution in [3.63, 3.8) is 0 Å². The lowest BCUT2D eigenvalue weighted by Gasteiger charge is -2.25. The van der Waals surface area contributed by atoms with E-state index in [2.05, 4.69) is 37.0 Å². The van der Waals surface area contributed by atoms with E-state index in [1.165, 1.54) is 12.1 Å². The Morgan fingerprint density at radius 1 is 1.36 bits per heavy atom. The molecule has 3 rings (SSSR count). The summed E-state index contributed by atoms with van der Waals surface area (Å²) in [7, 11) is 0. The summed E-state index contributed by atoms with van der Waals surface area (Å²) in [6.07, 6.45) is 5.49. The van der Waals surface area contributed by atoms with Crippen LogP contribution in [0.25, 0.3) is 0 Å². The summed E-state index contributed by atoms with van der Waals surface area (Å²) >= 11 is 6.02. The number of rotatable bonds is 6. The van der Waals surface area contributed by atoms with Crippen LogP contribution in [0.15, 0.2) is 35.3 Å². The number of aliphatic imine (C=N–C) groups is 1. The molecular formula is C19H26ClF2IN4O.